The molecule has 0 saturated carbocycles. The zero-order chi connectivity index (χ0) is 15.0. The number of likely N-dealkylation sites (tertiary alicyclic amines) is 1. The molecule has 1 fully saturated rings. The summed E-state index contributed by atoms with van der Waals surface area (Å²) >= 11 is 0. The summed E-state index contributed by atoms with van der Waals surface area (Å²) in [5.41, 5.74) is 0. The van der Waals surface area contributed by atoms with Gasteiger partial charge in [-0.05, 0) is 44.9 Å². The van der Waals surface area contributed by atoms with E-state index in [0.717, 1.165) is 18.5 Å². The molecule has 0 spiro atoms. The minimum Gasteiger partial charge on any atom is -0.312 e. The molecule has 0 aromatic rings. The van der Waals surface area contributed by atoms with Crippen LogP contribution in [0.25, 0.3) is 0 Å². The van der Waals surface area contributed by atoms with E-state index in [1.807, 2.05) is 0 Å². The zero-order valence-electron chi connectivity index (χ0n) is 14.5. The lowest BCUT2D eigenvalue weighted by atomic mass is 9.98. The molecule has 3 nitrogen and oxygen atoms in total. The van der Waals surface area contributed by atoms with Gasteiger partial charge in [-0.15, -0.1) is 0 Å². The van der Waals surface area contributed by atoms with Crippen LogP contribution in [0.1, 0.15) is 53.9 Å². The Morgan fingerprint density at radius 1 is 1.20 bits per heavy atom. The summed E-state index contributed by atoms with van der Waals surface area (Å²) < 4.78 is 0. The standard InChI is InChI=1S/C17H37N3/c1-6-11-18-17(15(5)7-2)14-19-12-10-16(13-19)20(8-3)9-4/h15-18H,6-14H2,1-5H3. The minimum atomic E-state index is 0.662. The van der Waals surface area contributed by atoms with Gasteiger partial charge in [0.05, 0.1) is 0 Å². The molecule has 0 aromatic carbocycles. The summed E-state index contributed by atoms with van der Waals surface area (Å²) in [5, 5.41) is 3.76. The van der Waals surface area contributed by atoms with Crippen LogP contribution in [0.15, 0.2) is 0 Å². The number of nitrogens with zero attached hydrogens (tertiary/aromatic N) is 2. The highest BCUT2D eigenvalue weighted by molar-refractivity contribution is 4.86. The van der Waals surface area contributed by atoms with Crippen molar-refractivity contribution in [2.24, 2.45) is 5.92 Å². The number of rotatable bonds is 10. The first-order valence-corrected chi connectivity index (χ1v) is 8.85. The summed E-state index contributed by atoms with van der Waals surface area (Å²) in [4.78, 5) is 5.31. The van der Waals surface area contributed by atoms with E-state index in [9.17, 15) is 0 Å². The molecular weight excluding hydrogens is 246 g/mol. The van der Waals surface area contributed by atoms with E-state index in [-0.39, 0.29) is 0 Å². The molecule has 120 valence electrons. The molecule has 0 amide bonds. The first-order valence-electron chi connectivity index (χ1n) is 8.85. The van der Waals surface area contributed by atoms with Gasteiger partial charge in [0.1, 0.15) is 0 Å². The summed E-state index contributed by atoms with van der Waals surface area (Å²) in [6, 6.07) is 1.45. The van der Waals surface area contributed by atoms with Crippen LogP contribution < -0.4 is 5.32 Å². The summed E-state index contributed by atoms with van der Waals surface area (Å²) in [7, 11) is 0. The number of hydrogen-bond donors (Lipinski definition) is 1. The van der Waals surface area contributed by atoms with Crippen LogP contribution >= 0.6 is 0 Å². The van der Waals surface area contributed by atoms with E-state index < -0.39 is 0 Å². The van der Waals surface area contributed by atoms with Crippen LogP contribution in [0, 0.1) is 5.92 Å². The van der Waals surface area contributed by atoms with Gasteiger partial charge in [0.2, 0.25) is 0 Å². The molecule has 1 heterocycles. The average molecular weight is 284 g/mol. The topological polar surface area (TPSA) is 18.5 Å². The number of likely N-dealkylation sites (N-methyl/N-ethyl adjacent to an activating group) is 1. The first-order chi connectivity index (χ1) is 9.65. The third-order valence-electron chi connectivity index (χ3n) is 5.02. The fourth-order valence-electron chi connectivity index (χ4n) is 3.35. The van der Waals surface area contributed by atoms with Gasteiger partial charge in [0.15, 0.2) is 0 Å². The van der Waals surface area contributed by atoms with Crippen molar-refractivity contribution < 1.29 is 0 Å². The maximum Gasteiger partial charge on any atom is 0.0235 e. The van der Waals surface area contributed by atoms with Crippen LogP contribution in [0.2, 0.25) is 0 Å². The van der Waals surface area contributed by atoms with E-state index in [1.54, 1.807) is 0 Å². The van der Waals surface area contributed by atoms with Crippen molar-refractivity contribution in [2.75, 3.05) is 39.3 Å². The normalized spacial score (nSPS) is 23.4. The monoisotopic (exact) mass is 283 g/mol. The molecule has 20 heavy (non-hydrogen) atoms. The van der Waals surface area contributed by atoms with E-state index in [4.69, 9.17) is 0 Å². The highest BCUT2D eigenvalue weighted by Gasteiger charge is 2.28. The van der Waals surface area contributed by atoms with Crippen molar-refractivity contribution in [1.29, 1.82) is 0 Å². The molecule has 3 unspecified atom stereocenters. The zero-order valence-corrected chi connectivity index (χ0v) is 14.5. The highest BCUT2D eigenvalue weighted by atomic mass is 15.3. The second kappa shape index (κ2) is 9.75. The Labute approximate surface area is 127 Å². The van der Waals surface area contributed by atoms with E-state index in [2.05, 4.69) is 49.7 Å². The summed E-state index contributed by atoms with van der Waals surface area (Å²) in [6.45, 7) is 18.9. The van der Waals surface area contributed by atoms with Gasteiger partial charge in [0.25, 0.3) is 0 Å². The van der Waals surface area contributed by atoms with Crippen LogP contribution in [0.4, 0.5) is 0 Å². The Hall–Kier alpha value is -0.120. The maximum atomic E-state index is 3.76. The molecular formula is C17H37N3. The van der Waals surface area contributed by atoms with Gasteiger partial charge in [-0.1, -0.05) is 41.0 Å². The maximum absolute atomic E-state index is 3.76. The van der Waals surface area contributed by atoms with Gasteiger partial charge in [0, 0.05) is 25.2 Å². The van der Waals surface area contributed by atoms with Crippen molar-refractivity contribution in [3.8, 4) is 0 Å². The Morgan fingerprint density at radius 3 is 2.45 bits per heavy atom. The SMILES string of the molecule is CCCNC(CN1CCC(N(CC)CC)C1)C(C)CC. The van der Waals surface area contributed by atoms with Gasteiger partial charge in [-0.25, -0.2) is 0 Å². The lowest BCUT2D eigenvalue weighted by Crippen LogP contribution is -2.45. The lowest BCUT2D eigenvalue weighted by Gasteiger charge is -2.30. The smallest absolute Gasteiger partial charge is 0.0235 e. The molecule has 1 aliphatic heterocycles. The highest BCUT2D eigenvalue weighted by Crippen LogP contribution is 2.18. The Kier molecular flexibility index (Phi) is 8.74. The Morgan fingerprint density at radius 2 is 1.90 bits per heavy atom. The van der Waals surface area contributed by atoms with Crippen LogP contribution in [0.3, 0.4) is 0 Å². The largest absolute Gasteiger partial charge is 0.312 e. The number of nitrogens with one attached hydrogen (secondary N) is 1. The molecule has 0 radical (unpaired) electrons. The predicted molar refractivity (Wildman–Crippen MR) is 89.3 cm³/mol. The lowest BCUT2D eigenvalue weighted by molar-refractivity contribution is 0.195. The fraction of sp³-hybridized carbons (Fsp3) is 1.00. The molecule has 0 bridgehead atoms. The van der Waals surface area contributed by atoms with Gasteiger partial charge < -0.3 is 10.2 Å². The fourth-order valence-corrected chi connectivity index (χ4v) is 3.35. The Bertz CT molecular complexity index is 240. The van der Waals surface area contributed by atoms with Crippen LogP contribution in [-0.4, -0.2) is 61.2 Å². The minimum absolute atomic E-state index is 0.662. The van der Waals surface area contributed by atoms with Crippen molar-refractivity contribution in [3.63, 3.8) is 0 Å². The van der Waals surface area contributed by atoms with Gasteiger partial charge in [-0.3, -0.25) is 4.90 Å². The van der Waals surface area contributed by atoms with Gasteiger partial charge >= 0.3 is 0 Å². The third kappa shape index (κ3) is 5.34. The second-order valence-corrected chi connectivity index (χ2v) is 6.37. The quantitative estimate of drug-likeness (QED) is 0.665. The molecule has 0 aliphatic carbocycles. The number of hydrogen-bond acceptors (Lipinski definition) is 3. The molecule has 1 N–H and O–H groups in total. The van der Waals surface area contributed by atoms with Crippen molar-refractivity contribution in [3.05, 3.63) is 0 Å². The van der Waals surface area contributed by atoms with Crippen molar-refractivity contribution in [2.45, 2.75) is 66.0 Å². The molecule has 0 aromatic heterocycles. The summed E-state index contributed by atoms with van der Waals surface area (Å²) in [5.74, 6) is 0.772. The first kappa shape index (κ1) is 17.9. The van der Waals surface area contributed by atoms with Crippen molar-refractivity contribution in [1.82, 2.24) is 15.1 Å². The third-order valence-corrected chi connectivity index (χ3v) is 5.02. The molecule has 3 atom stereocenters. The molecule has 1 saturated heterocycles. The molecule has 3 heteroatoms. The van der Waals surface area contributed by atoms with E-state index in [0.29, 0.717) is 6.04 Å². The average Bonchev–Trinajstić information content (AvgIpc) is 2.92. The second-order valence-electron chi connectivity index (χ2n) is 6.37. The Balaban J connectivity index is 2.45. The van der Waals surface area contributed by atoms with Crippen LogP contribution in [-0.2, 0) is 0 Å². The van der Waals surface area contributed by atoms with E-state index in [1.165, 1.54) is 52.0 Å². The van der Waals surface area contributed by atoms with E-state index >= 15 is 0 Å². The molecule has 1 aliphatic rings. The molecule has 1 rings (SSSR count). The van der Waals surface area contributed by atoms with Crippen LogP contribution in [0.5, 0.6) is 0 Å². The summed E-state index contributed by atoms with van der Waals surface area (Å²) in [6.07, 6.45) is 3.85. The predicted octanol–water partition coefficient (Wildman–Crippen LogP) is 2.82. The van der Waals surface area contributed by atoms with Gasteiger partial charge in [-0.2, -0.15) is 0 Å². The van der Waals surface area contributed by atoms with Crippen molar-refractivity contribution >= 4 is 0 Å².